The molecule has 1 aromatic heterocycles. The van der Waals surface area contributed by atoms with Crippen LogP contribution in [-0.4, -0.2) is 51.7 Å². The van der Waals surface area contributed by atoms with Gasteiger partial charge in [0.05, 0.1) is 5.69 Å². The molecule has 0 N–H and O–H groups in total. The first-order valence-corrected chi connectivity index (χ1v) is 8.10. The van der Waals surface area contributed by atoms with Crippen LogP contribution >= 0.6 is 0 Å². The van der Waals surface area contributed by atoms with Crippen molar-refractivity contribution in [3.8, 4) is 0 Å². The Labute approximate surface area is 137 Å². The summed E-state index contributed by atoms with van der Waals surface area (Å²) in [5.41, 5.74) is 4.28. The van der Waals surface area contributed by atoms with Crippen LogP contribution in [0, 0.1) is 13.8 Å². The number of hydrogen-bond acceptors (Lipinski definition) is 3. The molecule has 3 rings (SSSR count). The lowest BCUT2D eigenvalue weighted by molar-refractivity contribution is 0.0628. The maximum absolute atomic E-state index is 12.6. The van der Waals surface area contributed by atoms with Gasteiger partial charge in [-0.3, -0.25) is 14.4 Å². The van der Waals surface area contributed by atoms with E-state index in [0.717, 1.165) is 49.5 Å². The summed E-state index contributed by atoms with van der Waals surface area (Å²) in [5.74, 6) is 0.144. The number of amides is 1. The Balaban J connectivity index is 1.58. The lowest BCUT2D eigenvalue weighted by atomic mass is 10.1. The average Bonchev–Trinajstić information content (AvgIpc) is 2.85. The van der Waals surface area contributed by atoms with Crippen molar-refractivity contribution in [2.75, 3.05) is 26.2 Å². The van der Waals surface area contributed by atoms with Gasteiger partial charge in [-0.25, -0.2) is 0 Å². The van der Waals surface area contributed by atoms with Gasteiger partial charge in [0, 0.05) is 57.1 Å². The monoisotopic (exact) mass is 312 g/mol. The van der Waals surface area contributed by atoms with Crippen molar-refractivity contribution in [3.63, 3.8) is 0 Å². The van der Waals surface area contributed by atoms with E-state index in [0.29, 0.717) is 0 Å². The Kier molecular flexibility index (Phi) is 4.48. The van der Waals surface area contributed by atoms with E-state index in [4.69, 9.17) is 0 Å². The van der Waals surface area contributed by atoms with E-state index in [1.807, 2.05) is 54.7 Å². The van der Waals surface area contributed by atoms with Crippen molar-refractivity contribution in [1.82, 2.24) is 19.6 Å². The molecule has 23 heavy (non-hydrogen) atoms. The molecule has 0 atom stereocenters. The highest BCUT2D eigenvalue weighted by Gasteiger charge is 2.22. The molecule has 2 heterocycles. The minimum absolute atomic E-state index is 0.144. The van der Waals surface area contributed by atoms with Gasteiger partial charge in [-0.1, -0.05) is 17.7 Å². The van der Waals surface area contributed by atoms with Gasteiger partial charge in [0.15, 0.2) is 0 Å². The number of nitrogens with zero attached hydrogens (tertiary/aromatic N) is 4. The Morgan fingerprint density at radius 1 is 1.17 bits per heavy atom. The third kappa shape index (κ3) is 3.62. The zero-order valence-electron chi connectivity index (χ0n) is 14.1. The van der Waals surface area contributed by atoms with E-state index < -0.39 is 0 Å². The number of carbonyl (C=O) groups is 1. The van der Waals surface area contributed by atoms with Crippen LogP contribution in [0.1, 0.15) is 27.2 Å². The van der Waals surface area contributed by atoms with Crippen LogP contribution in [0.2, 0.25) is 0 Å². The molecule has 1 amide bonds. The summed E-state index contributed by atoms with van der Waals surface area (Å²) in [6.45, 7) is 8.36. The summed E-state index contributed by atoms with van der Waals surface area (Å²) in [6, 6.07) is 7.84. The van der Waals surface area contributed by atoms with Gasteiger partial charge in [0.2, 0.25) is 0 Å². The second-order valence-corrected chi connectivity index (χ2v) is 6.35. The molecular weight excluding hydrogens is 288 g/mol. The first-order valence-electron chi connectivity index (χ1n) is 8.10. The molecule has 0 unspecified atom stereocenters. The fraction of sp³-hybridized carbons (Fsp3) is 0.444. The number of aryl methyl sites for hydroxylation is 3. The Hall–Kier alpha value is -2.14. The Morgan fingerprint density at radius 2 is 1.91 bits per heavy atom. The lowest BCUT2D eigenvalue weighted by Gasteiger charge is -2.34. The first kappa shape index (κ1) is 15.7. The molecule has 0 spiro atoms. The number of rotatable bonds is 3. The fourth-order valence-corrected chi connectivity index (χ4v) is 3.11. The summed E-state index contributed by atoms with van der Waals surface area (Å²) in [7, 11) is 1.95. The summed E-state index contributed by atoms with van der Waals surface area (Å²) >= 11 is 0. The largest absolute Gasteiger partial charge is 0.336 e. The quantitative estimate of drug-likeness (QED) is 0.870. The summed E-state index contributed by atoms with van der Waals surface area (Å²) in [6.07, 6.45) is 2.08. The minimum atomic E-state index is 0.144. The SMILES string of the molecule is Cc1cccc(C(=O)N2CCN(Cc3cn(C)nc3C)CC2)c1. The summed E-state index contributed by atoms with van der Waals surface area (Å²) in [5, 5.41) is 4.39. The predicted octanol–water partition coefficient (Wildman–Crippen LogP) is 1.99. The van der Waals surface area contributed by atoms with Crippen LogP contribution in [0.25, 0.3) is 0 Å². The van der Waals surface area contributed by atoms with E-state index >= 15 is 0 Å². The molecule has 5 heteroatoms. The normalized spacial score (nSPS) is 15.9. The van der Waals surface area contributed by atoms with Gasteiger partial charge in [-0.15, -0.1) is 0 Å². The summed E-state index contributed by atoms with van der Waals surface area (Å²) in [4.78, 5) is 16.9. The average molecular weight is 312 g/mol. The van der Waals surface area contributed by atoms with Crippen LogP contribution in [0.4, 0.5) is 0 Å². The molecule has 0 saturated carbocycles. The molecule has 122 valence electrons. The fourth-order valence-electron chi connectivity index (χ4n) is 3.11. The van der Waals surface area contributed by atoms with Gasteiger partial charge < -0.3 is 4.90 Å². The van der Waals surface area contributed by atoms with E-state index in [2.05, 4.69) is 16.2 Å². The number of carbonyl (C=O) groups excluding carboxylic acids is 1. The van der Waals surface area contributed by atoms with Crippen molar-refractivity contribution in [2.24, 2.45) is 7.05 Å². The zero-order chi connectivity index (χ0) is 16.4. The highest BCUT2D eigenvalue weighted by Crippen LogP contribution is 2.14. The Bertz CT molecular complexity index is 699. The lowest BCUT2D eigenvalue weighted by Crippen LogP contribution is -2.48. The standard InChI is InChI=1S/C18H24N4O/c1-14-5-4-6-16(11-14)18(23)22-9-7-21(8-10-22)13-17-12-20(3)19-15(17)2/h4-6,11-12H,7-10,13H2,1-3H3. The third-order valence-corrected chi connectivity index (χ3v) is 4.43. The van der Waals surface area contributed by atoms with Crippen molar-refractivity contribution in [3.05, 3.63) is 52.8 Å². The molecular formula is C18H24N4O. The van der Waals surface area contributed by atoms with Crippen molar-refractivity contribution < 1.29 is 4.79 Å². The number of benzene rings is 1. The van der Waals surface area contributed by atoms with E-state index in [-0.39, 0.29) is 5.91 Å². The van der Waals surface area contributed by atoms with E-state index in [9.17, 15) is 4.79 Å². The smallest absolute Gasteiger partial charge is 0.253 e. The van der Waals surface area contributed by atoms with Crippen molar-refractivity contribution >= 4 is 5.91 Å². The molecule has 0 bridgehead atoms. The molecule has 1 fully saturated rings. The Morgan fingerprint density at radius 3 is 2.52 bits per heavy atom. The van der Waals surface area contributed by atoms with Crippen LogP contribution in [0.5, 0.6) is 0 Å². The predicted molar refractivity (Wildman–Crippen MR) is 90.3 cm³/mol. The van der Waals surface area contributed by atoms with Crippen molar-refractivity contribution in [1.29, 1.82) is 0 Å². The van der Waals surface area contributed by atoms with Crippen LogP contribution in [0.15, 0.2) is 30.5 Å². The van der Waals surface area contributed by atoms with Gasteiger partial charge in [-0.2, -0.15) is 5.10 Å². The van der Waals surface area contributed by atoms with E-state index in [1.54, 1.807) is 0 Å². The maximum atomic E-state index is 12.6. The number of hydrogen-bond donors (Lipinski definition) is 0. The van der Waals surface area contributed by atoms with Crippen LogP contribution in [-0.2, 0) is 13.6 Å². The molecule has 5 nitrogen and oxygen atoms in total. The third-order valence-electron chi connectivity index (χ3n) is 4.43. The van der Waals surface area contributed by atoms with Gasteiger partial charge in [-0.05, 0) is 26.0 Å². The molecule has 0 aliphatic carbocycles. The number of aromatic nitrogens is 2. The maximum Gasteiger partial charge on any atom is 0.253 e. The topological polar surface area (TPSA) is 41.4 Å². The number of piperazine rings is 1. The summed E-state index contributed by atoms with van der Waals surface area (Å²) < 4.78 is 1.86. The molecule has 1 aromatic carbocycles. The van der Waals surface area contributed by atoms with Crippen LogP contribution < -0.4 is 0 Å². The second kappa shape index (κ2) is 6.54. The zero-order valence-corrected chi connectivity index (χ0v) is 14.1. The van der Waals surface area contributed by atoms with Crippen molar-refractivity contribution in [2.45, 2.75) is 20.4 Å². The molecule has 2 aromatic rings. The molecule has 0 radical (unpaired) electrons. The molecule has 1 saturated heterocycles. The molecule has 1 aliphatic rings. The first-order chi connectivity index (χ1) is 11.0. The second-order valence-electron chi connectivity index (χ2n) is 6.35. The van der Waals surface area contributed by atoms with Crippen LogP contribution in [0.3, 0.4) is 0 Å². The highest BCUT2D eigenvalue weighted by atomic mass is 16.2. The minimum Gasteiger partial charge on any atom is -0.336 e. The molecule has 1 aliphatic heterocycles. The van der Waals surface area contributed by atoms with Gasteiger partial charge >= 0.3 is 0 Å². The van der Waals surface area contributed by atoms with Gasteiger partial charge in [0.25, 0.3) is 5.91 Å². The van der Waals surface area contributed by atoms with E-state index in [1.165, 1.54) is 5.56 Å². The highest BCUT2D eigenvalue weighted by molar-refractivity contribution is 5.94. The van der Waals surface area contributed by atoms with Gasteiger partial charge in [0.1, 0.15) is 0 Å².